The zero-order valence-electron chi connectivity index (χ0n) is 24.9. The van der Waals surface area contributed by atoms with Crippen LogP contribution in [0.1, 0.15) is 69.7 Å². The zero-order chi connectivity index (χ0) is 30.6. The van der Waals surface area contributed by atoms with Gasteiger partial charge in [0.05, 0.1) is 17.1 Å². The number of thioether (sulfide) groups is 1. The van der Waals surface area contributed by atoms with Gasteiger partial charge in [0.1, 0.15) is 22.9 Å². The second kappa shape index (κ2) is 13.0. The third-order valence-corrected chi connectivity index (χ3v) is 8.26. The molecule has 3 heterocycles. The van der Waals surface area contributed by atoms with Gasteiger partial charge < -0.3 is 19.6 Å². The Labute approximate surface area is 250 Å². The van der Waals surface area contributed by atoms with E-state index in [0.717, 1.165) is 46.0 Å². The van der Waals surface area contributed by atoms with Gasteiger partial charge in [0, 0.05) is 32.8 Å². The van der Waals surface area contributed by atoms with Crippen LogP contribution in [-0.4, -0.2) is 57.2 Å². The number of carbonyl (C=O) groups is 2. The van der Waals surface area contributed by atoms with E-state index in [2.05, 4.69) is 18.8 Å². The number of ether oxygens (including phenoxy) is 1. The first-order valence-electron chi connectivity index (χ1n) is 14.0. The lowest BCUT2D eigenvalue weighted by Crippen LogP contribution is -2.41. The van der Waals surface area contributed by atoms with Crippen LogP contribution in [0.25, 0.3) is 11.2 Å². The number of pyridine rings is 1. The molecule has 1 fully saturated rings. The van der Waals surface area contributed by atoms with Gasteiger partial charge in [-0.2, -0.15) is 0 Å². The Morgan fingerprint density at radius 2 is 1.86 bits per heavy atom. The van der Waals surface area contributed by atoms with Crippen molar-refractivity contribution >= 4 is 40.9 Å². The second-order valence-corrected chi connectivity index (χ2v) is 12.5. The molecule has 1 saturated heterocycles. The number of hydrogen-bond donors (Lipinski definition) is 1. The van der Waals surface area contributed by atoms with Gasteiger partial charge in [-0.25, -0.2) is 14.2 Å². The Morgan fingerprint density at radius 3 is 2.48 bits per heavy atom. The fourth-order valence-electron chi connectivity index (χ4n) is 4.94. The van der Waals surface area contributed by atoms with Crippen molar-refractivity contribution in [2.24, 2.45) is 0 Å². The highest BCUT2D eigenvalue weighted by atomic mass is 32.2. The highest BCUT2D eigenvalue weighted by Crippen LogP contribution is 2.34. The number of anilines is 1. The lowest BCUT2D eigenvalue weighted by Gasteiger charge is -2.33. The Kier molecular flexibility index (Phi) is 9.66. The first-order chi connectivity index (χ1) is 19.8. The zero-order valence-corrected chi connectivity index (χ0v) is 25.7. The smallest absolute Gasteiger partial charge is 0.410 e. The van der Waals surface area contributed by atoms with Crippen LogP contribution in [0.3, 0.4) is 0 Å². The number of imidazole rings is 1. The number of hydrogen-bond acceptors (Lipinski definition) is 6. The average Bonchev–Trinajstić information content (AvgIpc) is 3.31. The number of carboxylic acids is 1. The minimum Gasteiger partial charge on any atom is -0.481 e. The summed E-state index contributed by atoms with van der Waals surface area (Å²) >= 11 is 1.44. The molecule has 4 rings (SSSR count). The van der Waals surface area contributed by atoms with Crippen LogP contribution in [0.4, 0.5) is 15.0 Å². The molecule has 10 heteroatoms. The molecule has 3 aromatic rings. The van der Waals surface area contributed by atoms with Crippen LogP contribution in [0.15, 0.2) is 59.6 Å². The number of rotatable bonds is 9. The number of fused-ring (bicyclic) bond motifs is 1. The molecule has 1 N–H and O–H groups in total. The maximum Gasteiger partial charge on any atom is 0.410 e. The number of aryl methyl sites for hydroxylation is 1. The van der Waals surface area contributed by atoms with Crippen molar-refractivity contribution in [3.05, 3.63) is 82.2 Å². The molecule has 0 radical (unpaired) electrons. The summed E-state index contributed by atoms with van der Waals surface area (Å²) in [4.78, 5) is 32.4. The summed E-state index contributed by atoms with van der Waals surface area (Å²) < 4.78 is 20.9. The number of halogens is 1. The highest BCUT2D eigenvalue weighted by Gasteiger charge is 2.28. The number of likely N-dealkylation sites (tertiary alicyclic amines) is 1. The third kappa shape index (κ3) is 7.73. The summed E-state index contributed by atoms with van der Waals surface area (Å²) in [6.07, 6.45) is 3.66. The van der Waals surface area contributed by atoms with E-state index in [-0.39, 0.29) is 30.7 Å². The van der Waals surface area contributed by atoms with E-state index in [0.29, 0.717) is 18.8 Å². The van der Waals surface area contributed by atoms with Crippen LogP contribution in [0, 0.1) is 5.82 Å². The van der Waals surface area contributed by atoms with Crippen molar-refractivity contribution in [3.63, 3.8) is 0 Å². The number of nitrogens with zero attached hydrogens (tertiary/aromatic N) is 4. The van der Waals surface area contributed by atoms with E-state index in [4.69, 9.17) is 9.72 Å². The molecular weight excluding hydrogens is 555 g/mol. The summed E-state index contributed by atoms with van der Waals surface area (Å²) in [5.41, 5.74) is 3.89. The number of aliphatic carboxylic acids is 1. The van der Waals surface area contributed by atoms with Gasteiger partial charge in [-0.3, -0.25) is 9.20 Å². The number of carboxylic acid groups (broad SMARTS) is 1. The van der Waals surface area contributed by atoms with E-state index in [1.54, 1.807) is 17.0 Å². The molecule has 0 unspecified atom stereocenters. The van der Waals surface area contributed by atoms with Gasteiger partial charge >= 0.3 is 12.1 Å². The van der Waals surface area contributed by atoms with Gasteiger partial charge in [-0.15, -0.1) is 0 Å². The maximum atomic E-state index is 13.3. The summed E-state index contributed by atoms with van der Waals surface area (Å²) in [7, 11) is 1.90. The number of aromatic nitrogens is 2. The van der Waals surface area contributed by atoms with Gasteiger partial charge in [-0.05, 0) is 86.8 Å². The lowest BCUT2D eigenvalue weighted by molar-refractivity contribution is -0.136. The normalized spacial score (nSPS) is 14.7. The Hall–Kier alpha value is -3.79. The highest BCUT2D eigenvalue weighted by molar-refractivity contribution is 8.06. The Morgan fingerprint density at radius 1 is 1.19 bits per heavy atom. The quantitative estimate of drug-likeness (QED) is 0.278. The molecule has 1 aliphatic heterocycles. The molecule has 0 spiro atoms. The van der Waals surface area contributed by atoms with E-state index >= 15 is 0 Å². The summed E-state index contributed by atoms with van der Waals surface area (Å²) in [5.74, 6) is -0.137. The van der Waals surface area contributed by atoms with Crippen molar-refractivity contribution in [2.45, 2.75) is 64.9 Å². The molecular formula is C32H39FN4O4S. The molecule has 8 nitrogen and oxygen atoms in total. The summed E-state index contributed by atoms with van der Waals surface area (Å²) in [6.45, 7) is 13.1. The SMILES string of the molecule is C=C(S/C=C(\C)c1ccc(F)cc1)N(C)c1c(CCC(=O)O)nc2ccc(C3CCN(C(=O)OC(C)(C)C)CC3)cn12. The van der Waals surface area contributed by atoms with E-state index in [1.807, 2.05) is 55.5 Å². The largest absolute Gasteiger partial charge is 0.481 e. The summed E-state index contributed by atoms with van der Waals surface area (Å²) in [5, 5.41) is 12.1. The predicted molar refractivity (Wildman–Crippen MR) is 166 cm³/mol. The Balaban J connectivity index is 1.56. The molecule has 1 aromatic carbocycles. The second-order valence-electron chi connectivity index (χ2n) is 11.6. The molecule has 1 aliphatic rings. The fourth-order valence-corrected chi connectivity index (χ4v) is 5.64. The predicted octanol–water partition coefficient (Wildman–Crippen LogP) is 7.31. The fraction of sp³-hybridized carbons (Fsp3) is 0.406. The Bertz CT molecular complexity index is 1480. The standard InChI is InChI=1S/C32H39FN4O4S/c1-21(23-7-10-26(33)11-8-23)20-42-22(2)35(6)30-27(12-14-29(38)39)34-28-13-9-25(19-37(28)30)24-15-17-36(18-16-24)31(40)41-32(3,4)5/h7-11,13,19-20,24H,2,12,14-18H2,1,3-6H3,(H,38,39)/b21-20+. The first-order valence-corrected chi connectivity index (χ1v) is 14.9. The molecule has 0 saturated carbocycles. The molecule has 2 aromatic heterocycles. The topological polar surface area (TPSA) is 87.4 Å². The van der Waals surface area contributed by atoms with Crippen LogP contribution >= 0.6 is 11.8 Å². The van der Waals surface area contributed by atoms with Crippen molar-refractivity contribution < 1.29 is 23.8 Å². The monoisotopic (exact) mass is 594 g/mol. The van der Waals surface area contributed by atoms with Crippen LogP contribution < -0.4 is 4.90 Å². The van der Waals surface area contributed by atoms with Crippen LogP contribution in [0.5, 0.6) is 0 Å². The first kappa shape index (κ1) is 31.2. The van der Waals surface area contributed by atoms with Crippen molar-refractivity contribution in [1.29, 1.82) is 0 Å². The molecule has 42 heavy (non-hydrogen) atoms. The number of carbonyl (C=O) groups excluding carboxylic acids is 1. The maximum absolute atomic E-state index is 13.3. The molecule has 0 atom stereocenters. The number of piperidine rings is 1. The lowest BCUT2D eigenvalue weighted by atomic mass is 9.90. The van der Waals surface area contributed by atoms with Gasteiger partial charge in [-0.1, -0.05) is 36.5 Å². The van der Waals surface area contributed by atoms with Crippen LogP contribution in [-0.2, 0) is 16.0 Å². The minimum absolute atomic E-state index is 0.0378. The average molecular weight is 595 g/mol. The third-order valence-electron chi connectivity index (χ3n) is 7.24. The minimum atomic E-state index is -0.885. The molecule has 1 amide bonds. The van der Waals surface area contributed by atoms with Crippen molar-refractivity contribution in [2.75, 3.05) is 25.0 Å². The van der Waals surface area contributed by atoms with Gasteiger partial charge in [0.25, 0.3) is 0 Å². The summed E-state index contributed by atoms with van der Waals surface area (Å²) in [6, 6.07) is 10.4. The number of amides is 1. The number of benzene rings is 1. The van der Waals surface area contributed by atoms with Gasteiger partial charge in [0.2, 0.25) is 0 Å². The van der Waals surface area contributed by atoms with E-state index < -0.39 is 11.6 Å². The van der Waals surface area contributed by atoms with E-state index in [9.17, 15) is 19.1 Å². The van der Waals surface area contributed by atoms with Crippen LogP contribution in [0.2, 0.25) is 0 Å². The molecule has 0 aliphatic carbocycles. The van der Waals surface area contributed by atoms with E-state index in [1.165, 1.54) is 23.9 Å². The molecule has 0 bridgehead atoms. The van der Waals surface area contributed by atoms with Gasteiger partial charge in [0.15, 0.2) is 0 Å². The van der Waals surface area contributed by atoms with Crippen molar-refractivity contribution in [3.8, 4) is 0 Å². The number of allylic oxidation sites excluding steroid dienone is 1. The van der Waals surface area contributed by atoms with Crippen molar-refractivity contribution in [1.82, 2.24) is 14.3 Å². The molecule has 224 valence electrons.